The molecular formula is C17H20N6. The third-order valence-electron chi connectivity index (χ3n) is 3.06. The van der Waals surface area contributed by atoms with E-state index >= 15 is 0 Å². The molecule has 2 aromatic heterocycles. The second-order valence-corrected chi connectivity index (χ2v) is 4.81. The van der Waals surface area contributed by atoms with Crippen LogP contribution < -0.4 is 22.5 Å². The summed E-state index contributed by atoms with van der Waals surface area (Å²) >= 11 is 0. The summed E-state index contributed by atoms with van der Waals surface area (Å²) in [6.45, 7) is 0.773. The number of hydrogen-bond donors (Lipinski definition) is 4. The standard InChI is InChI=1S/C12H13N3.C5H7N3/c13-11-9-14-7-6-12(11)15-8-10-4-2-1-3-5-10;6-4-1-2-8-3-5(4)7/h1-7,9H,8,13H2,(H,14,15);1-3H,7H2,(H2,6,8). The molecule has 23 heavy (non-hydrogen) atoms. The maximum atomic E-state index is 5.76. The molecule has 6 nitrogen and oxygen atoms in total. The van der Waals surface area contributed by atoms with Gasteiger partial charge in [0.2, 0.25) is 0 Å². The van der Waals surface area contributed by atoms with Crippen molar-refractivity contribution in [2.24, 2.45) is 0 Å². The fourth-order valence-corrected chi connectivity index (χ4v) is 1.78. The summed E-state index contributed by atoms with van der Waals surface area (Å²) in [5.41, 5.74) is 20.4. The topological polar surface area (TPSA) is 116 Å². The SMILES string of the molecule is Nc1ccncc1N.Nc1cnccc1NCc1ccccc1. The fourth-order valence-electron chi connectivity index (χ4n) is 1.78. The minimum atomic E-state index is 0.535. The Balaban J connectivity index is 0.000000203. The van der Waals surface area contributed by atoms with Crippen molar-refractivity contribution < 1.29 is 0 Å². The lowest BCUT2D eigenvalue weighted by Gasteiger charge is -2.08. The molecule has 0 fully saturated rings. The highest BCUT2D eigenvalue weighted by Gasteiger charge is 1.97. The first-order valence-corrected chi connectivity index (χ1v) is 7.09. The maximum absolute atomic E-state index is 5.76. The lowest BCUT2D eigenvalue weighted by Crippen LogP contribution is -2.02. The van der Waals surface area contributed by atoms with Gasteiger partial charge in [-0.1, -0.05) is 30.3 Å². The number of aromatic nitrogens is 2. The second-order valence-electron chi connectivity index (χ2n) is 4.81. The van der Waals surface area contributed by atoms with Crippen LogP contribution in [0.3, 0.4) is 0 Å². The van der Waals surface area contributed by atoms with Gasteiger partial charge in [0.25, 0.3) is 0 Å². The summed E-state index contributed by atoms with van der Waals surface area (Å²) in [4.78, 5) is 7.68. The van der Waals surface area contributed by atoms with Crippen LogP contribution in [0.5, 0.6) is 0 Å². The summed E-state index contributed by atoms with van der Waals surface area (Å²) in [6.07, 6.45) is 6.50. The van der Waals surface area contributed by atoms with Crippen LogP contribution in [0, 0.1) is 0 Å². The van der Waals surface area contributed by atoms with Gasteiger partial charge in [0.05, 0.1) is 35.1 Å². The van der Waals surface area contributed by atoms with Gasteiger partial charge < -0.3 is 22.5 Å². The van der Waals surface area contributed by atoms with Gasteiger partial charge in [0.1, 0.15) is 0 Å². The highest BCUT2D eigenvalue weighted by Crippen LogP contribution is 2.16. The van der Waals surface area contributed by atoms with Gasteiger partial charge in [0.15, 0.2) is 0 Å². The predicted molar refractivity (Wildman–Crippen MR) is 95.5 cm³/mol. The van der Waals surface area contributed by atoms with Crippen molar-refractivity contribution in [2.75, 3.05) is 22.5 Å². The molecule has 0 aliphatic heterocycles. The molecule has 7 N–H and O–H groups in total. The van der Waals surface area contributed by atoms with Crippen molar-refractivity contribution >= 4 is 22.7 Å². The molecule has 0 radical (unpaired) electrons. The van der Waals surface area contributed by atoms with Crippen LogP contribution in [0.2, 0.25) is 0 Å². The summed E-state index contributed by atoms with van der Waals surface area (Å²) in [6, 6.07) is 13.7. The van der Waals surface area contributed by atoms with Gasteiger partial charge in [-0.05, 0) is 17.7 Å². The Bertz CT molecular complexity index is 709. The molecule has 0 saturated carbocycles. The van der Waals surface area contributed by atoms with Crippen molar-refractivity contribution in [2.45, 2.75) is 6.54 Å². The zero-order chi connectivity index (χ0) is 16.5. The van der Waals surface area contributed by atoms with Gasteiger partial charge in [-0.25, -0.2) is 0 Å². The van der Waals surface area contributed by atoms with Crippen molar-refractivity contribution in [3.63, 3.8) is 0 Å². The predicted octanol–water partition coefficient (Wildman–Crippen LogP) is 2.52. The molecule has 3 rings (SSSR count). The van der Waals surface area contributed by atoms with E-state index in [1.54, 1.807) is 24.7 Å². The first kappa shape index (κ1) is 16.1. The molecule has 2 heterocycles. The highest BCUT2D eigenvalue weighted by atomic mass is 14.9. The van der Waals surface area contributed by atoms with Crippen LogP contribution in [-0.2, 0) is 6.54 Å². The molecular weight excluding hydrogens is 288 g/mol. The van der Waals surface area contributed by atoms with Gasteiger partial charge in [-0.15, -0.1) is 0 Å². The lowest BCUT2D eigenvalue weighted by atomic mass is 10.2. The van der Waals surface area contributed by atoms with Gasteiger partial charge in [-0.3, -0.25) is 9.97 Å². The van der Waals surface area contributed by atoms with E-state index in [9.17, 15) is 0 Å². The Labute approximate surface area is 135 Å². The van der Waals surface area contributed by atoms with E-state index < -0.39 is 0 Å². The largest absolute Gasteiger partial charge is 0.397 e. The number of nitrogens with two attached hydrogens (primary N) is 3. The first-order valence-electron chi connectivity index (χ1n) is 7.09. The molecule has 3 aromatic rings. The van der Waals surface area contributed by atoms with E-state index in [2.05, 4.69) is 27.4 Å². The van der Waals surface area contributed by atoms with Crippen molar-refractivity contribution in [3.8, 4) is 0 Å². The molecule has 0 unspecified atom stereocenters. The van der Waals surface area contributed by atoms with E-state index in [0.29, 0.717) is 17.1 Å². The third kappa shape index (κ3) is 5.20. The summed E-state index contributed by atoms with van der Waals surface area (Å²) in [5.74, 6) is 0. The molecule has 0 amide bonds. The van der Waals surface area contributed by atoms with Crippen LogP contribution >= 0.6 is 0 Å². The first-order chi connectivity index (χ1) is 11.2. The number of benzene rings is 1. The van der Waals surface area contributed by atoms with Crippen molar-refractivity contribution in [1.29, 1.82) is 0 Å². The summed E-state index contributed by atoms with van der Waals surface area (Å²) in [7, 11) is 0. The number of nitrogens with zero attached hydrogens (tertiary/aromatic N) is 2. The van der Waals surface area contributed by atoms with E-state index in [0.717, 1.165) is 12.2 Å². The minimum absolute atomic E-state index is 0.535. The quantitative estimate of drug-likeness (QED) is 0.591. The maximum Gasteiger partial charge on any atom is 0.0736 e. The van der Waals surface area contributed by atoms with Gasteiger partial charge >= 0.3 is 0 Å². The number of nitrogens with one attached hydrogen (secondary N) is 1. The Hall–Kier alpha value is -3.28. The number of nitrogen functional groups attached to an aromatic ring is 3. The highest BCUT2D eigenvalue weighted by molar-refractivity contribution is 5.64. The number of pyridine rings is 2. The molecule has 0 saturated heterocycles. The van der Waals surface area contributed by atoms with E-state index in [-0.39, 0.29) is 0 Å². The summed E-state index contributed by atoms with van der Waals surface area (Å²) in [5, 5.41) is 3.26. The smallest absolute Gasteiger partial charge is 0.0736 e. The molecule has 6 heteroatoms. The Morgan fingerprint density at radius 3 is 1.96 bits per heavy atom. The molecule has 0 atom stereocenters. The summed E-state index contributed by atoms with van der Waals surface area (Å²) < 4.78 is 0. The fraction of sp³-hybridized carbons (Fsp3) is 0.0588. The molecule has 118 valence electrons. The molecule has 1 aromatic carbocycles. The second kappa shape index (κ2) is 8.23. The number of rotatable bonds is 3. The van der Waals surface area contributed by atoms with Crippen molar-refractivity contribution in [3.05, 3.63) is 72.8 Å². The zero-order valence-corrected chi connectivity index (χ0v) is 12.7. The van der Waals surface area contributed by atoms with Crippen LogP contribution in [0.4, 0.5) is 22.7 Å². The van der Waals surface area contributed by atoms with Crippen LogP contribution in [0.1, 0.15) is 5.56 Å². The minimum Gasteiger partial charge on any atom is -0.397 e. The van der Waals surface area contributed by atoms with E-state index in [1.807, 2.05) is 24.3 Å². The van der Waals surface area contributed by atoms with E-state index in [1.165, 1.54) is 11.8 Å². The lowest BCUT2D eigenvalue weighted by molar-refractivity contribution is 1.14. The Morgan fingerprint density at radius 2 is 1.39 bits per heavy atom. The van der Waals surface area contributed by atoms with E-state index in [4.69, 9.17) is 17.2 Å². The average Bonchev–Trinajstić information content (AvgIpc) is 2.58. The van der Waals surface area contributed by atoms with Crippen molar-refractivity contribution in [1.82, 2.24) is 9.97 Å². The van der Waals surface area contributed by atoms with Gasteiger partial charge in [0, 0.05) is 18.9 Å². The monoisotopic (exact) mass is 308 g/mol. The Morgan fingerprint density at radius 1 is 0.739 bits per heavy atom. The zero-order valence-electron chi connectivity index (χ0n) is 12.7. The van der Waals surface area contributed by atoms with Crippen LogP contribution in [0.15, 0.2) is 67.3 Å². The molecule has 0 aliphatic carbocycles. The molecule has 0 bridgehead atoms. The van der Waals surface area contributed by atoms with Gasteiger partial charge in [-0.2, -0.15) is 0 Å². The number of hydrogen-bond acceptors (Lipinski definition) is 6. The van der Waals surface area contributed by atoms with Crippen LogP contribution in [0.25, 0.3) is 0 Å². The third-order valence-corrected chi connectivity index (χ3v) is 3.06. The average molecular weight is 308 g/mol. The normalized spacial score (nSPS) is 9.57. The van der Waals surface area contributed by atoms with Crippen LogP contribution in [-0.4, -0.2) is 9.97 Å². The molecule has 0 spiro atoms. The Kier molecular flexibility index (Phi) is 5.76. The number of anilines is 4. The molecule has 0 aliphatic rings.